The minimum atomic E-state index is 0.298. The van der Waals surface area contributed by atoms with Gasteiger partial charge in [0.2, 0.25) is 0 Å². The van der Waals surface area contributed by atoms with Gasteiger partial charge >= 0.3 is 0 Å². The third-order valence-corrected chi connectivity index (χ3v) is 5.28. The Morgan fingerprint density at radius 3 is 2.81 bits per heavy atom. The Kier molecular flexibility index (Phi) is 6.27. The van der Waals surface area contributed by atoms with Crippen molar-refractivity contribution in [2.75, 3.05) is 6.54 Å². The van der Waals surface area contributed by atoms with Crippen LogP contribution in [0, 0.1) is 6.92 Å². The van der Waals surface area contributed by atoms with Gasteiger partial charge in [-0.05, 0) is 60.3 Å². The molecular weight excluding hydrogens is 346 g/mol. The topological polar surface area (TPSA) is 21.3 Å². The summed E-state index contributed by atoms with van der Waals surface area (Å²) in [7, 11) is 0. The fourth-order valence-electron chi connectivity index (χ4n) is 2.18. The van der Waals surface area contributed by atoms with Crippen LogP contribution in [0.2, 0.25) is 0 Å². The molecule has 1 heterocycles. The van der Waals surface area contributed by atoms with Gasteiger partial charge in [0.1, 0.15) is 12.4 Å². The van der Waals surface area contributed by atoms with Crippen molar-refractivity contribution in [3.05, 3.63) is 50.1 Å². The van der Waals surface area contributed by atoms with Crippen molar-refractivity contribution in [3.63, 3.8) is 0 Å². The second-order valence-corrected chi connectivity index (χ2v) is 7.05. The van der Waals surface area contributed by atoms with E-state index in [4.69, 9.17) is 4.74 Å². The number of rotatable bonds is 7. The maximum atomic E-state index is 6.06. The maximum absolute atomic E-state index is 6.06. The van der Waals surface area contributed by atoms with E-state index in [1.807, 2.05) is 0 Å². The molecule has 0 radical (unpaired) electrons. The van der Waals surface area contributed by atoms with E-state index in [1.54, 1.807) is 11.3 Å². The average molecular weight is 368 g/mol. The van der Waals surface area contributed by atoms with Crippen LogP contribution >= 0.6 is 27.3 Å². The van der Waals surface area contributed by atoms with Crippen molar-refractivity contribution in [1.29, 1.82) is 0 Å². The molecule has 1 unspecified atom stereocenters. The van der Waals surface area contributed by atoms with E-state index in [0.717, 1.165) is 23.2 Å². The molecule has 1 aromatic carbocycles. The van der Waals surface area contributed by atoms with Gasteiger partial charge in [0.25, 0.3) is 0 Å². The molecule has 2 nitrogen and oxygen atoms in total. The van der Waals surface area contributed by atoms with Gasteiger partial charge in [0.15, 0.2) is 0 Å². The molecule has 4 heteroatoms. The SMILES string of the molecule is CCCNC(C)c1cc(C)ccc1OCc1sccc1Br. The van der Waals surface area contributed by atoms with E-state index in [9.17, 15) is 0 Å². The van der Waals surface area contributed by atoms with E-state index in [2.05, 4.69) is 71.7 Å². The van der Waals surface area contributed by atoms with Gasteiger partial charge in [-0.15, -0.1) is 11.3 Å². The van der Waals surface area contributed by atoms with Crippen LogP contribution in [0.3, 0.4) is 0 Å². The molecule has 0 spiro atoms. The lowest BCUT2D eigenvalue weighted by Gasteiger charge is -2.19. The lowest BCUT2D eigenvalue weighted by Crippen LogP contribution is -2.20. The van der Waals surface area contributed by atoms with Crippen LogP contribution in [0.5, 0.6) is 5.75 Å². The van der Waals surface area contributed by atoms with Crippen molar-refractivity contribution >= 4 is 27.3 Å². The Labute approximate surface area is 139 Å². The molecule has 2 rings (SSSR count). The summed E-state index contributed by atoms with van der Waals surface area (Å²) in [6.45, 7) is 8.12. The fourth-order valence-corrected chi connectivity index (χ4v) is 3.56. The Balaban J connectivity index is 2.12. The quantitative estimate of drug-likeness (QED) is 0.701. The fraction of sp³-hybridized carbons (Fsp3) is 0.412. The van der Waals surface area contributed by atoms with Crippen LogP contribution in [-0.4, -0.2) is 6.54 Å². The molecule has 0 saturated heterocycles. The Hall–Kier alpha value is -0.840. The molecular formula is C17H22BrNOS. The van der Waals surface area contributed by atoms with Crippen molar-refractivity contribution in [2.24, 2.45) is 0 Å². The van der Waals surface area contributed by atoms with Crippen molar-refractivity contribution < 1.29 is 4.74 Å². The van der Waals surface area contributed by atoms with Crippen molar-refractivity contribution in [3.8, 4) is 5.75 Å². The third-order valence-electron chi connectivity index (χ3n) is 3.38. The minimum Gasteiger partial charge on any atom is -0.488 e. The molecule has 1 atom stereocenters. The molecule has 0 aliphatic heterocycles. The van der Waals surface area contributed by atoms with Gasteiger partial charge in [-0.2, -0.15) is 0 Å². The highest BCUT2D eigenvalue weighted by Crippen LogP contribution is 2.29. The van der Waals surface area contributed by atoms with E-state index in [-0.39, 0.29) is 0 Å². The third kappa shape index (κ3) is 4.56. The second kappa shape index (κ2) is 7.97. The summed E-state index contributed by atoms with van der Waals surface area (Å²) >= 11 is 5.26. The molecule has 0 aliphatic carbocycles. The van der Waals surface area contributed by atoms with Gasteiger partial charge in [0, 0.05) is 16.1 Å². The predicted molar refractivity (Wildman–Crippen MR) is 94.2 cm³/mol. The number of halogens is 1. The summed E-state index contributed by atoms with van der Waals surface area (Å²) < 4.78 is 7.18. The first kappa shape index (κ1) is 16.5. The number of hydrogen-bond donors (Lipinski definition) is 1. The Morgan fingerprint density at radius 2 is 2.14 bits per heavy atom. The molecule has 2 aromatic rings. The van der Waals surface area contributed by atoms with Crippen molar-refractivity contribution in [1.82, 2.24) is 5.32 Å². The van der Waals surface area contributed by atoms with Crippen LogP contribution in [-0.2, 0) is 6.61 Å². The van der Waals surface area contributed by atoms with Crippen molar-refractivity contribution in [2.45, 2.75) is 39.8 Å². The van der Waals surface area contributed by atoms with Crippen LogP contribution in [0.25, 0.3) is 0 Å². The van der Waals surface area contributed by atoms with E-state index < -0.39 is 0 Å². The Bertz CT molecular complexity index is 582. The number of thiophene rings is 1. The molecule has 0 saturated carbocycles. The zero-order valence-electron chi connectivity index (χ0n) is 12.8. The monoisotopic (exact) mass is 367 g/mol. The predicted octanol–water partition coefficient (Wildman–Crippen LogP) is 5.46. The van der Waals surface area contributed by atoms with Crippen LogP contribution in [0.15, 0.2) is 34.1 Å². The number of ether oxygens (including phenoxy) is 1. The van der Waals surface area contributed by atoms with Gasteiger partial charge in [-0.25, -0.2) is 0 Å². The molecule has 0 aliphatic rings. The summed E-state index contributed by atoms with van der Waals surface area (Å²) in [4.78, 5) is 1.22. The summed E-state index contributed by atoms with van der Waals surface area (Å²) in [5.41, 5.74) is 2.50. The molecule has 0 amide bonds. The second-order valence-electron chi connectivity index (χ2n) is 5.20. The van der Waals surface area contributed by atoms with E-state index in [0.29, 0.717) is 12.6 Å². The normalized spacial score (nSPS) is 12.4. The highest BCUT2D eigenvalue weighted by atomic mass is 79.9. The number of aryl methyl sites for hydroxylation is 1. The van der Waals surface area contributed by atoms with Gasteiger partial charge in [-0.3, -0.25) is 0 Å². The summed E-state index contributed by atoms with van der Waals surface area (Å²) in [5.74, 6) is 0.969. The lowest BCUT2D eigenvalue weighted by molar-refractivity contribution is 0.302. The largest absolute Gasteiger partial charge is 0.488 e. The molecule has 0 fully saturated rings. The van der Waals surface area contributed by atoms with Crippen LogP contribution < -0.4 is 10.1 Å². The van der Waals surface area contributed by atoms with E-state index in [1.165, 1.54) is 16.0 Å². The zero-order valence-corrected chi connectivity index (χ0v) is 15.2. The van der Waals surface area contributed by atoms with Crippen LogP contribution in [0.1, 0.15) is 42.3 Å². The smallest absolute Gasteiger partial charge is 0.124 e. The maximum Gasteiger partial charge on any atom is 0.124 e. The van der Waals surface area contributed by atoms with E-state index >= 15 is 0 Å². The number of benzene rings is 1. The minimum absolute atomic E-state index is 0.298. The average Bonchev–Trinajstić information content (AvgIpc) is 2.88. The summed E-state index contributed by atoms with van der Waals surface area (Å²) in [6, 6.07) is 8.76. The number of nitrogens with one attached hydrogen (secondary N) is 1. The Morgan fingerprint density at radius 1 is 1.33 bits per heavy atom. The highest BCUT2D eigenvalue weighted by Gasteiger charge is 2.12. The lowest BCUT2D eigenvalue weighted by atomic mass is 10.0. The first-order valence-electron chi connectivity index (χ1n) is 7.30. The summed E-state index contributed by atoms with van der Waals surface area (Å²) in [5, 5.41) is 5.61. The molecule has 114 valence electrons. The standard InChI is InChI=1S/C17H22BrNOS/c1-4-8-19-13(3)14-10-12(2)5-6-16(14)20-11-17-15(18)7-9-21-17/h5-7,9-10,13,19H,4,8,11H2,1-3H3. The first-order valence-corrected chi connectivity index (χ1v) is 8.97. The first-order chi connectivity index (χ1) is 10.1. The van der Waals surface area contributed by atoms with Gasteiger partial charge in [-0.1, -0.05) is 24.6 Å². The van der Waals surface area contributed by atoms with Crippen LogP contribution in [0.4, 0.5) is 0 Å². The molecule has 21 heavy (non-hydrogen) atoms. The van der Waals surface area contributed by atoms with Gasteiger partial charge < -0.3 is 10.1 Å². The highest BCUT2D eigenvalue weighted by molar-refractivity contribution is 9.10. The number of hydrogen-bond acceptors (Lipinski definition) is 3. The zero-order chi connectivity index (χ0) is 15.2. The molecule has 1 aromatic heterocycles. The molecule has 0 bridgehead atoms. The summed E-state index contributed by atoms with van der Waals surface area (Å²) in [6.07, 6.45) is 1.13. The van der Waals surface area contributed by atoms with Gasteiger partial charge in [0.05, 0.1) is 4.88 Å². The molecule has 1 N–H and O–H groups in total.